The zero-order valence-electron chi connectivity index (χ0n) is 33.8. The van der Waals surface area contributed by atoms with Crippen LogP contribution in [0.4, 0.5) is 17.1 Å². The molecule has 0 bridgehead atoms. The molecule has 0 N–H and O–H groups in total. The van der Waals surface area contributed by atoms with E-state index in [0.717, 1.165) is 35.6 Å². The predicted molar refractivity (Wildman–Crippen MR) is 254 cm³/mol. The Bertz CT molecular complexity index is 3410. The molecule has 2 aliphatic rings. The van der Waals surface area contributed by atoms with Crippen LogP contribution in [0, 0.1) is 0 Å². The van der Waals surface area contributed by atoms with Crippen LogP contribution in [-0.4, -0.2) is 9.13 Å². The van der Waals surface area contributed by atoms with Crippen LogP contribution in [0.15, 0.2) is 200 Å². The number of benzene rings is 8. The summed E-state index contributed by atoms with van der Waals surface area (Å²) in [5.74, 6) is 0. The molecule has 10 aromatic rings. The van der Waals surface area contributed by atoms with Gasteiger partial charge in [-0.3, -0.25) is 0 Å². The van der Waals surface area contributed by atoms with Crippen molar-refractivity contribution in [2.45, 2.75) is 32.1 Å². The number of para-hydroxylation sites is 3. The Kier molecular flexibility index (Phi) is 7.71. The maximum atomic E-state index is 2.50. The van der Waals surface area contributed by atoms with Crippen LogP contribution in [0.5, 0.6) is 0 Å². The van der Waals surface area contributed by atoms with Crippen LogP contribution < -0.4 is 4.90 Å². The molecule has 0 aliphatic heterocycles. The molecule has 2 heterocycles. The van der Waals surface area contributed by atoms with Gasteiger partial charge in [0.1, 0.15) is 0 Å². The van der Waals surface area contributed by atoms with E-state index in [1.165, 1.54) is 82.7 Å². The molecule has 0 atom stereocenters. The quantitative estimate of drug-likeness (QED) is 0.164. The Morgan fingerprint density at radius 3 is 2.02 bits per heavy atom. The van der Waals surface area contributed by atoms with E-state index in [2.05, 4.69) is 228 Å². The smallest absolute Gasteiger partial charge is 0.0562 e. The van der Waals surface area contributed by atoms with E-state index < -0.39 is 0 Å². The molecule has 0 saturated heterocycles. The van der Waals surface area contributed by atoms with Gasteiger partial charge in [0.15, 0.2) is 0 Å². The topological polar surface area (TPSA) is 13.1 Å². The molecule has 60 heavy (non-hydrogen) atoms. The third-order valence-electron chi connectivity index (χ3n) is 13.1. The number of fused-ring (bicyclic) bond motifs is 9. The van der Waals surface area contributed by atoms with Gasteiger partial charge in [-0.1, -0.05) is 141 Å². The van der Waals surface area contributed by atoms with Crippen LogP contribution >= 0.6 is 0 Å². The number of nitrogens with zero attached hydrogens (tertiary/aromatic N) is 3. The fourth-order valence-electron chi connectivity index (χ4n) is 10.4. The molecule has 286 valence electrons. The average molecular weight is 770 g/mol. The van der Waals surface area contributed by atoms with Gasteiger partial charge >= 0.3 is 0 Å². The molecule has 0 spiro atoms. The molecule has 0 fully saturated rings. The second-order valence-corrected chi connectivity index (χ2v) is 16.9. The standard InChI is InChI=1S/C57H43N3/c1-57(2)49-26-12-9-23-44(49)45-34-32-43(37-50(45)57)58(53-29-16-30-54-56(53)48-25-11-14-28-52(48)59(54)40-18-5-3-6-19-40)42-22-15-17-38(35-42)39-31-33-47-46-24-10-13-27-51(46)60(55(47)36-39)41-20-7-4-8-21-41/h3-7,9-20,22-37H,8,21H2,1-2H3. The van der Waals surface area contributed by atoms with Crippen LogP contribution in [0.25, 0.3) is 77.2 Å². The molecule has 3 nitrogen and oxygen atoms in total. The highest BCUT2D eigenvalue weighted by atomic mass is 15.1. The second kappa shape index (κ2) is 13.3. The summed E-state index contributed by atoms with van der Waals surface area (Å²) in [6.45, 7) is 4.74. The highest BCUT2D eigenvalue weighted by Crippen LogP contribution is 2.52. The Morgan fingerprint density at radius 2 is 1.17 bits per heavy atom. The molecule has 3 heteroatoms. The van der Waals surface area contributed by atoms with Gasteiger partial charge < -0.3 is 14.0 Å². The lowest BCUT2D eigenvalue weighted by Crippen LogP contribution is -2.16. The number of rotatable bonds is 6. The third-order valence-corrected chi connectivity index (χ3v) is 13.1. The summed E-state index contributed by atoms with van der Waals surface area (Å²) in [6.07, 6.45) is 8.83. The highest BCUT2D eigenvalue weighted by molar-refractivity contribution is 6.17. The van der Waals surface area contributed by atoms with Gasteiger partial charge in [0.2, 0.25) is 0 Å². The summed E-state index contributed by atoms with van der Waals surface area (Å²) in [4.78, 5) is 2.50. The molecule has 8 aromatic carbocycles. The van der Waals surface area contributed by atoms with E-state index in [-0.39, 0.29) is 5.41 Å². The summed E-state index contributed by atoms with van der Waals surface area (Å²) in [7, 11) is 0. The van der Waals surface area contributed by atoms with E-state index >= 15 is 0 Å². The van der Waals surface area contributed by atoms with Crippen molar-refractivity contribution >= 4 is 66.4 Å². The van der Waals surface area contributed by atoms with E-state index in [1.54, 1.807) is 0 Å². The van der Waals surface area contributed by atoms with Crippen LogP contribution in [-0.2, 0) is 5.41 Å². The second-order valence-electron chi connectivity index (χ2n) is 16.9. The van der Waals surface area contributed by atoms with Gasteiger partial charge in [0.05, 0.1) is 27.8 Å². The van der Waals surface area contributed by atoms with E-state index in [9.17, 15) is 0 Å². The van der Waals surface area contributed by atoms with Crippen molar-refractivity contribution in [1.82, 2.24) is 9.13 Å². The third kappa shape index (κ3) is 5.15. The van der Waals surface area contributed by atoms with E-state index in [0.29, 0.717) is 0 Å². The normalized spacial score (nSPS) is 14.2. The number of aromatic nitrogens is 2. The van der Waals surface area contributed by atoms with Crippen molar-refractivity contribution in [2.24, 2.45) is 0 Å². The molecule has 0 saturated carbocycles. The Hall–Kier alpha value is -7.36. The fourth-order valence-corrected chi connectivity index (χ4v) is 10.4. The molecular formula is C57H43N3. The monoisotopic (exact) mass is 769 g/mol. The van der Waals surface area contributed by atoms with Crippen molar-refractivity contribution in [3.8, 4) is 27.9 Å². The van der Waals surface area contributed by atoms with Gasteiger partial charge in [-0.15, -0.1) is 0 Å². The minimum absolute atomic E-state index is 0.137. The van der Waals surface area contributed by atoms with Gasteiger partial charge in [-0.25, -0.2) is 0 Å². The van der Waals surface area contributed by atoms with Gasteiger partial charge in [-0.05, 0) is 119 Å². The van der Waals surface area contributed by atoms with E-state index in [1.807, 2.05) is 0 Å². The first-order valence-corrected chi connectivity index (χ1v) is 21.2. The number of anilines is 3. The first-order chi connectivity index (χ1) is 29.5. The van der Waals surface area contributed by atoms with E-state index in [4.69, 9.17) is 0 Å². The Morgan fingerprint density at radius 1 is 0.483 bits per heavy atom. The number of allylic oxidation sites excluding steroid dienone is 4. The lowest BCUT2D eigenvalue weighted by Gasteiger charge is -2.29. The minimum atomic E-state index is -0.137. The number of hydrogen-bond acceptors (Lipinski definition) is 1. The van der Waals surface area contributed by atoms with Gasteiger partial charge in [0.25, 0.3) is 0 Å². The van der Waals surface area contributed by atoms with Gasteiger partial charge in [-0.2, -0.15) is 0 Å². The Balaban J connectivity index is 1.09. The SMILES string of the molecule is CC1(C)c2ccccc2-c2ccc(N(c3cccc(-c4ccc5c6ccccc6n(C6=CC=CCC6)c5c4)c3)c3cccc4c3c3ccccc3n4-c3ccccc3)cc21. The lowest BCUT2D eigenvalue weighted by atomic mass is 9.82. The fraction of sp³-hybridized carbons (Fsp3) is 0.0877. The summed E-state index contributed by atoms with van der Waals surface area (Å²) in [5.41, 5.74) is 18.4. The average Bonchev–Trinajstić information content (AvgIpc) is 3.90. The maximum Gasteiger partial charge on any atom is 0.0562 e. The van der Waals surface area contributed by atoms with Crippen molar-refractivity contribution in [3.63, 3.8) is 0 Å². The van der Waals surface area contributed by atoms with Crippen LogP contribution in [0.2, 0.25) is 0 Å². The molecule has 2 aromatic heterocycles. The lowest BCUT2D eigenvalue weighted by molar-refractivity contribution is 0.660. The van der Waals surface area contributed by atoms with Gasteiger partial charge in [0, 0.05) is 49.7 Å². The first kappa shape index (κ1) is 34.7. The predicted octanol–water partition coefficient (Wildman–Crippen LogP) is 15.5. The molecule has 2 aliphatic carbocycles. The summed E-state index contributed by atoms with van der Waals surface area (Å²) in [5, 5.41) is 5.03. The number of hydrogen-bond donors (Lipinski definition) is 0. The zero-order chi connectivity index (χ0) is 40.0. The van der Waals surface area contributed by atoms with Crippen LogP contribution in [0.1, 0.15) is 37.8 Å². The van der Waals surface area contributed by atoms with Crippen LogP contribution in [0.3, 0.4) is 0 Å². The Labute approximate surface area is 350 Å². The van der Waals surface area contributed by atoms with Crippen molar-refractivity contribution in [2.75, 3.05) is 4.90 Å². The maximum absolute atomic E-state index is 2.50. The molecule has 0 radical (unpaired) electrons. The largest absolute Gasteiger partial charge is 0.313 e. The summed E-state index contributed by atoms with van der Waals surface area (Å²) >= 11 is 0. The molecular weight excluding hydrogens is 727 g/mol. The zero-order valence-corrected chi connectivity index (χ0v) is 33.8. The van der Waals surface area contributed by atoms with Crippen molar-refractivity contribution in [3.05, 3.63) is 211 Å². The molecule has 0 unspecified atom stereocenters. The van der Waals surface area contributed by atoms with Crippen molar-refractivity contribution < 1.29 is 0 Å². The molecule has 0 amide bonds. The minimum Gasteiger partial charge on any atom is -0.313 e. The highest BCUT2D eigenvalue weighted by Gasteiger charge is 2.36. The summed E-state index contributed by atoms with van der Waals surface area (Å²) < 4.78 is 4.90. The first-order valence-electron chi connectivity index (χ1n) is 21.2. The van der Waals surface area contributed by atoms with Crippen molar-refractivity contribution in [1.29, 1.82) is 0 Å². The molecule has 12 rings (SSSR count). The summed E-state index contributed by atoms with van der Waals surface area (Å²) in [6, 6.07) is 67.5.